The minimum atomic E-state index is -0.568. The average molecular weight is 339 g/mol. The van der Waals surface area contributed by atoms with Gasteiger partial charge in [0.25, 0.3) is 0 Å². The first-order valence-corrected chi connectivity index (χ1v) is 7.76. The predicted molar refractivity (Wildman–Crippen MR) is 80.8 cm³/mol. The maximum Gasteiger partial charge on any atom is 0.247 e. The van der Waals surface area contributed by atoms with Gasteiger partial charge in [0.15, 0.2) is 0 Å². The molecule has 5 nitrogen and oxygen atoms in total. The molecule has 1 aromatic heterocycles. The Labute approximate surface area is 127 Å². The molecule has 2 heterocycles. The number of amides is 1. The molecule has 1 amide bonds. The highest BCUT2D eigenvalue weighted by molar-refractivity contribution is 9.10. The van der Waals surface area contributed by atoms with Crippen molar-refractivity contribution >= 4 is 27.7 Å². The number of likely N-dealkylation sites (N-methyl/N-ethyl adjacent to an activating group) is 1. The zero-order valence-electron chi connectivity index (χ0n) is 12.1. The van der Waals surface area contributed by atoms with E-state index >= 15 is 0 Å². The summed E-state index contributed by atoms with van der Waals surface area (Å²) in [4.78, 5) is 25.4. The topological polar surface area (TPSA) is 49.3 Å². The van der Waals surface area contributed by atoms with Gasteiger partial charge in [0.2, 0.25) is 5.91 Å². The van der Waals surface area contributed by atoms with Crippen LogP contribution in [0.25, 0.3) is 0 Å². The van der Waals surface area contributed by atoms with E-state index in [1.54, 1.807) is 4.90 Å². The van der Waals surface area contributed by atoms with E-state index < -0.39 is 5.54 Å². The fourth-order valence-corrected chi connectivity index (χ4v) is 3.09. The molecule has 0 atom stereocenters. The molecule has 108 valence electrons. The van der Waals surface area contributed by atoms with Gasteiger partial charge in [-0.15, -0.1) is 0 Å². The number of carbonyl (C=O) groups excluding carboxylic acids is 1. The summed E-state index contributed by atoms with van der Waals surface area (Å²) in [5, 5.41) is 0. The maximum absolute atomic E-state index is 12.4. The van der Waals surface area contributed by atoms with Crippen molar-refractivity contribution in [2.75, 3.05) is 25.0 Å². The molecule has 0 aromatic carbocycles. The lowest BCUT2D eigenvalue weighted by Gasteiger charge is -2.45. The molecular formula is C14H19BrN4O. The van der Waals surface area contributed by atoms with Crippen LogP contribution in [0, 0.1) is 0 Å². The lowest BCUT2D eigenvalue weighted by atomic mass is 9.98. The molecule has 3 rings (SSSR count). The molecule has 6 heteroatoms. The largest absolute Gasteiger partial charge is 0.342 e. The van der Waals surface area contributed by atoms with Gasteiger partial charge in [-0.3, -0.25) is 4.79 Å². The van der Waals surface area contributed by atoms with Crippen molar-refractivity contribution in [3.8, 4) is 0 Å². The highest BCUT2D eigenvalue weighted by atomic mass is 79.9. The lowest BCUT2D eigenvalue weighted by Crippen LogP contribution is -2.62. The van der Waals surface area contributed by atoms with Crippen LogP contribution in [-0.2, 0) is 4.79 Å². The van der Waals surface area contributed by atoms with Crippen molar-refractivity contribution in [3.63, 3.8) is 0 Å². The van der Waals surface area contributed by atoms with Gasteiger partial charge < -0.3 is 9.80 Å². The van der Waals surface area contributed by atoms with Crippen molar-refractivity contribution in [3.05, 3.63) is 16.5 Å². The van der Waals surface area contributed by atoms with E-state index in [1.807, 2.05) is 27.0 Å². The summed E-state index contributed by atoms with van der Waals surface area (Å²) in [6.07, 6.45) is 2.34. The number of hydrogen-bond acceptors (Lipinski definition) is 4. The number of piperazine rings is 1. The van der Waals surface area contributed by atoms with Crippen LogP contribution < -0.4 is 4.90 Å². The van der Waals surface area contributed by atoms with Gasteiger partial charge in [-0.05, 0) is 42.6 Å². The zero-order chi connectivity index (χ0) is 14.5. The normalized spacial score (nSPS) is 22.3. The minimum absolute atomic E-state index is 0.131. The highest BCUT2D eigenvalue weighted by Gasteiger charge is 2.41. The third-order valence-electron chi connectivity index (χ3n) is 4.12. The lowest BCUT2D eigenvalue weighted by molar-refractivity contribution is -0.136. The minimum Gasteiger partial charge on any atom is -0.342 e. The van der Waals surface area contributed by atoms with E-state index in [4.69, 9.17) is 0 Å². The monoisotopic (exact) mass is 338 g/mol. The van der Waals surface area contributed by atoms with Gasteiger partial charge in [0, 0.05) is 32.1 Å². The second kappa shape index (κ2) is 4.69. The summed E-state index contributed by atoms with van der Waals surface area (Å²) in [6.45, 7) is 5.43. The van der Waals surface area contributed by atoms with E-state index in [9.17, 15) is 4.79 Å². The molecule has 0 spiro atoms. The number of carbonyl (C=O) groups is 1. The number of aromatic nitrogens is 2. The number of rotatable bonds is 2. The SMILES string of the molecule is CN1CCN(c2cc(Br)nc(C3CC3)n2)C(C)(C)C1=O. The molecule has 2 aliphatic rings. The summed E-state index contributed by atoms with van der Waals surface area (Å²) >= 11 is 3.47. The van der Waals surface area contributed by atoms with Crippen LogP contribution >= 0.6 is 15.9 Å². The fourth-order valence-electron chi connectivity index (χ4n) is 2.70. The van der Waals surface area contributed by atoms with Gasteiger partial charge in [0.05, 0.1) is 0 Å². The van der Waals surface area contributed by atoms with Crippen LogP contribution in [0.1, 0.15) is 38.4 Å². The third-order valence-corrected chi connectivity index (χ3v) is 4.53. The molecule has 0 N–H and O–H groups in total. The van der Waals surface area contributed by atoms with Crippen LogP contribution in [-0.4, -0.2) is 46.5 Å². The van der Waals surface area contributed by atoms with Crippen molar-refractivity contribution in [2.45, 2.75) is 38.1 Å². The summed E-state index contributed by atoms with van der Waals surface area (Å²) in [6, 6.07) is 1.91. The van der Waals surface area contributed by atoms with E-state index in [2.05, 4.69) is 30.8 Å². The molecule has 1 aliphatic carbocycles. The van der Waals surface area contributed by atoms with Crippen molar-refractivity contribution in [1.82, 2.24) is 14.9 Å². The maximum atomic E-state index is 12.4. The molecule has 1 saturated heterocycles. The van der Waals surface area contributed by atoms with Crippen molar-refractivity contribution in [1.29, 1.82) is 0 Å². The quantitative estimate of drug-likeness (QED) is 0.775. The Kier molecular flexibility index (Phi) is 3.23. The Morgan fingerprint density at radius 2 is 2.00 bits per heavy atom. The fraction of sp³-hybridized carbons (Fsp3) is 0.643. The predicted octanol–water partition coefficient (Wildman–Crippen LogP) is 2.17. The molecule has 0 radical (unpaired) electrons. The number of halogens is 1. The Morgan fingerprint density at radius 3 is 2.65 bits per heavy atom. The number of nitrogens with zero attached hydrogens (tertiary/aromatic N) is 4. The van der Waals surface area contributed by atoms with Crippen molar-refractivity contribution in [2.24, 2.45) is 0 Å². The molecule has 1 aromatic rings. The molecule has 1 aliphatic heterocycles. The molecule has 2 fully saturated rings. The summed E-state index contributed by atoms with van der Waals surface area (Å²) in [5.74, 6) is 2.38. The molecular weight excluding hydrogens is 320 g/mol. The molecule has 20 heavy (non-hydrogen) atoms. The zero-order valence-corrected chi connectivity index (χ0v) is 13.6. The van der Waals surface area contributed by atoms with E-state index in [0.717, 1.165) is 29.3 Å². The van der Waals surface area contributed by atoms with E-state index in [0.29, 0.717) is 5.92 Å². The van der Waals surface area contributed by atoms with Gasteiger partial charge >= 0.3 is 0 Å². The van der Waals surface area contributed by atoms with Gasteiger partial charge in [-0.1, -0.05) is 0 Å². The van der Waals surface area contributed by atoms with Crippen LogP contribution in [0.3, 0.4) is 0 Å². The smallest absolute Gasteiger partial charge is 0.247 e. The third kappa shape index (κ3) is 2.30. The first kappa shape index (κ1) is 13.8. The first-order chi connectivity index (χ1) is 9.39. The van der Waals surface area contributed by atoms with Crippen LogP contribution in [0.4, 0.5) is 5.82 Å². The Balaban J connectivity index is 1.97. The number of hydrogen-bond donors (Lipinski definition) is 0. The summed E-state index contributed by atoms with van der Waals surface area (Å²) in [5.41, 5.74) is -0.568. The Hall–Kier alpha value is -1.17. The summed E-state index contributed by atoms with van der Waals surface area (Å²) in [7, 11) is 1.85. The van der Waals surface area contributed by atoms with Gasteiger partial charge in [-0.2, -0.15) is 0 Å². The van der Waals surface area contributed by atoms with Crippen LogP contribution in [0.2, 0.25) is 0 Å². The van der Waals surface area contributed by atoms with Crippen molar-refractivity contribution < 1.29 is 4.79 Å². The molecule has 0 bridgehead atoms. The molecule has 1 saturated carbocycles. The Bertz CT molecular complexity index is 556. The van der Waals surface area contributed by atoms with E-state index in [1.165, 1.54) is 12.8 Å². The highest BCUT2D eigenvalue weighted by Crippen LogP contribution is 2.39. The number of anilines is 1. The van der Waals surface area contributed by atoms with E-state index in [-0.39, 0.29) is 5.91 Å². The van der Waals surface area contributed by atoms with Gasteiger partial charge in [-0.25, -0.2) is 9.97 Å². The molecule has 0 unspecified atom stereocenters. The standard InChI is InChI=1S/C14H19BrN4O/c1-14(2)13(20)18(3)6-7-19(14)11-8-10(15)16-12(17-11)9-4-5-9/h8-9H,4-7H2,1-3H3. The summed E-state index contributed by atoms with van der Waals surface area (Å²) < 4.78 is 0.798. The average Bonchev–Trinajstić information content (AvgIpc) is 3.19. The second-order valence-corrected chi connectivity index (χ2v) is 6.93. The Morgan fingerprint density at radius 1 is 1.30 bits per heavy atom. The van der Waals surface area contributed by atoms with Crippen LogP contribution in [0.15, 0.2) is 10.7 Å². The first-order valence-electron chi connectivity index (χ1n) is 6.97. The second-order valence-electron chi connectivity index (χ2n) is 6.12. The van der Waals surface area contributed by atoms with Crippen LogP contribution in [0.5, 0.6) is 0 Å². The van der Waals surface area contributed by atoms with Gasteiger partial charge in [0.1, 0.15) is 21.8 Å².